The molecule has 0 unspecified atom stereocenters. The van der Waals surface area contributed by atoms with Crippen molar-refractivity contribution >= 4 is 17.4 Å². The third kappa shape index (κ3) is 2.53. The number of aromatic nitrogens is 1. The second-order valence-corrected chi connectivity index (χ2v) is 4.48. The molecule has 1 heterocycles. The number of carbonyl (C=O) groups excluding carboxylic acids is 1. The lowest BCUT2D eigenvalue weighted by molar-refractivity contribution is 0.103. The number of hydrogen-bond acceptors (Lipinski definition) is 2. The number of hydrogen-bond donors (Lipinski definition) is 0. The SMILES string of the molecule is Cc1cncc(C(=O)c2ccc(Cl)cc2C)c1. The van der Waals surface area contributed by atoms with Crippen LogP contribution in [0.3, 0.4) is 0 Å². The fraction of sp³-hybridized carbons (Fsp3) is 0.143. The highest BCUT2D eigenvalue weighted by Crippen LogP contribution is 2.18. The predicted octanol–water partition coefficient (Wildman–Crippen LogP) is 3.58. The highest BCUT2D eigenvalue weighted by atomic mass is 35.5. The maximum Gasteiger partial charge on any atom is 0.194 e. The second-order valence-electron chi connectivity index (χ2n) is 4.04. The first-order valence-corrected chi connectivity index (χ1v) is 5.68. The molecule has 17 heavy (non-hydrogen) atoms. The van der Waals surface area contributed by atoms with Crippen molar-refractivity contribution in [1.29, 1.82) is 0 Å². The molecule has 86 valence electrons. The lowest BCUT2D eigenvalue weighted by Crippen LogP contribution is -2.04. The minimum absolute atomic E-state index is 0.0182. The van der Waals surface area contributed by atoms with Crippen LogP contribution in [0.15, 0.2) is 36.7 Å². The maximum absolute atomic E-state index is 12.2. The van der Waals surface area contributed by atoms with Gasteiger partial charge in [-0.2, -0.15) is 0 Å². The van der Waals surface area contributed by atoms with Crippen LogP contribution in [0.1, 0.15) is 27.0 Å². The van der Waals surface area contributed by atoms with Crippen molar-refractivity contribution in [2.45, 2.75) is 13.8 Å². The average molecular weight is 246 g/mol. The monoisotopic (exact) mass is 245 g/mol. The molecule has 0 saturated heterocycles. The zero-order chi connectivity index (χ0) is 12.4. The van der Waals surface area contributed by atoms with E-state index >= 15 is 0 Å². The number of carbonyl (C=O) groups is 1. The molecular weight excluding hydrogens is 234 g/mol. The number of pyridine rings is 1. The predicted molar refractivity (Wildman–Crippen MR) is 68.6 cm³/mol. The van der Waals surface area contributed by atoms with Gasteiger partial charge in [0.05, 0.1) is 0 Å². The summed E-state index contributed by atoms with van der Waals surface area (Å²) in [5, 5.41) is 0.640. The number of aryl methyl sites for hydroxylation is 2. The van der Waals surface area contributed by atoms with E-state index in [1.54, 1.807) is 30.6 Å². The molecule has 0 saturated carbocycles. The standard InChI is InChI=1S/C14H12ClNO/c1-9-5-11(8-16-7-9)14(17)13-4-3-12(15)6-10(13)2/h3-8H,1-2H3. The van der Waals surface area contributed by atoms with E-state index in [2.05, 4.69) is 4.98 Å². The highest BCUT2D eigenvalue weighted by Gasteiger charge is 2.12. The van der Waals surface area contributed by atoms with Gasteiger partial charge >= 0.3 is 0 Å². The Morgan fingerprint density at radius 3 is 2.59 bits per heavy atom. The molecule has 0 N–H and O–H groups in total. The molecule has 0 aliphatic rings. The fourth-order valence-electron chi connectivity index (χ4n) is 1.72. The number of ketones is 1. The van der Waals surface area contributed by atoms with Gasteiger partial charge in [-0.15, -0.1) is 0 Å². The van der Waals surface area contributed by atoms with E-state index in [9.17, 15) is 4.79 Å². The van der Waals surface area contributed by atoms with E-state index < -0.39 is 0 Å². The fourth-order valence-corrected chi connectivity index (χ4v) is 1.94. The summed E-state index contributed by atoms with van der Waals surface area (Å²) in [7, 11) is 0. The number of halogens is 1. The van der Waals surface area contributed by atoms with Crippen molar-refractivity contribution in [3.8, 4) is 0 Å². The third-order valence-electron chi connectivity index (χ3n) is 2.57. The molecule has 0 aliphatic heterocycles. The lowest BCUT2D eigenvalue weighted by Gasteiger charge is -2.05. The minimum Gasteiger partial charge on any atom is -0.289 e. The Hall–Kier alpha value is -1.67. The van der Waals surface area contributed by atoms with E-state index in [4.69, 9.17) is 11.6 Å². The van der Waals surface area contributed by atoms with Gasteiger partial charge in [-0.05, 0) is 49.2 Å². The second kappa shape index (κ2) is 4.68. The zero-order valence-corrected chi connectivity index (χ0v) is 10.5. The van der Waals surface area contributed by atoms with E-state index in [-0.39, 0.29) is 5.78 Å². The van der Waals surface area contributed by atoms with Gasteiger partial charge in [0.1, 0.15) is 0 Å². The molecule has 0 fully saturated rings. The summed E-state index contributed by atoms with van der Waals surface area (Å²) in [6, 6.07) is 7.11. The van der Waals surface area contributed by atoms with Gasteiger partial charge in [0, 0.05) is 28.5 Å². The van der Waals surface area contributed by atoms with Gasteiger partial charge in [-0.25, -0.2) is 0 Å². The van der Waals surface area contributed by atoms with E-state index in [0.717, 1.165) is 11.1 Å². The summed E-state index contributed by atoms with van der Waals surface area (Å²) in [6.07, 6.45) is 3.31. The van der Waals surface area contributed by atoms with Crippen LogP contribution in [0.25, 0.3) is 0 Å². The van der Waals surface area contributed by atoms with Crippen LogP contribution in [-0.2, 0) is 0 Å². The molecular formula is C14H12ClNO. The summed E-state index contributed by atoms with van der Waals surface area (Å²) in [4.78, 5) is 16.3. The summed E-state index contributed by atoms with van der Waals surface area (Å²) in [6.45, 7) is 3.79. The van der Waals surface area contributed by atoms with Crippen molar-refractivity contribution in [2.24, 2.45) is 0 Å². The summed E-state index contributed by atoms with van der Waals surface area (Å²) in [5.74, 6) is -0.0182. The van der Waals surface area contributed by atoms with Gasteiger partial charge in [0.25, 0.3) is 0 Å². The summed E-state index contributed by atoms with van der Waals surface area (Å²) in [5.41, 5.74) is 3.13. The first kappa shape index (κ1) is 11.8. The third-order valence-corrected chi connectivity index (χ3v) is 2.81. The largest absolute Gasteiger partial charge is 0.289 e. The van der Waals surface area contributed by atoms with Crippen LogP contribution in [0.4, 0.5) is 0 Å². The van der Waals surface area contributed by atoms with Crippen LogP contribution in [0.2, 0.25) is 5.02 Å². The molecule has 3 heteroatoms. The Bertz CT molecular complexity index is 578. The van der Waals surface area contributed by atoms with Gasteiger partial charge in [0.2, 0.25) is 0 Å². The molecule has 1 aromatic heterocycles. The van der Waals surface area contributed by atoms with Crippen LogP contribution in [-0.4, -0.2) is 10.8 Å². The Kier molecular flexibility index (Phi) is 3.25. The molecule has 1 aromatic carbocycles. The normalized spacial score (nSPS) is 10.3. The Morgan fingerprint density at radius 2 is 1.94 bits per heavy atom. The summed E-state index contributed by atoms with van der Waals surface area (Å²) < 4.78 is 0. The van der Waals surface area contributed by atoms with Gasteiger partial charge in [0.15, 0.2) is 5.78 Å². The van der Waals surface area contributed by atoms with Gasteiger partial charge in [-0.3, -0.25) is 9.78 Å². The smallest absolute Gasteiger partial charge is 0.194 e. The molecule has 0 amide bonds. The van der Waals surface area contributed by atoms with Crippen molar-refractivity contribution in [3.05, 3.63) is 63.9 Å². The molecule has 0 aliphatic carbocycles. The topological polar surface area (TPSA) is 30.0 Å². The number of benzene rings is 1. The van der Waals surface area contributed by atoms with Crippen LogP contribution < -0.4 is 0 Å². The lowest BCUT2D eigenvalue weighted by atomic mass is 10.00. The molecule has 0 radical (unpaired) electrons. The van der Waals surface area contributed by atoms with Gasteiger partial charge < -0.3 is 0 Å². The first-order chi connectivity index (χ1) is 8.08. The highest BCUT2D eigenvalue weighted by molar-refractivity contribution is 6.30. The average Bonchev–Trinajstić information content (AvgIpc) is 2.28. The Balaban J connectivity index is 2.44. The zero-order valence-electron chi connectivity index (χ0n) is 9.70. The quantitative estimate of drug-likeness (QED) is 0.757. The van der Waals surface area contributed by atoms with Crippen LogP contribution in [0, 0.1) is 13.8 Å². The Morgan fingerprint density at radius 1 is 1.18 bits per heavy atom. The van der Waals surface area contributed by atoms with E-state index in [1.807, 2.05) is 19.9 Å². The van der Waals surface area contributed by atoms with E-state index in [1.165, 1.54) is 0 Å². The van der Waals surface area contributed by atoms with Crippen molar-refractivity contribution in [2.75, 3.05) is 0 Å². The minimum atomic E-state index is -0.0182. The van der Waals surface area contributed by atoms with Crippen molar-refractivity contribution in [1.82, 2.24) is 4.98 Å². The van der Waals surface area contributed by atoms with Crippen LogP contribution >= 0.6 is 11.6 Å². The van der Waals surface area contributed by atoms with Crippen molar-refractivity contribution < 1.29 is 4.79 Å². The van der Waals surface area contributed by atoms with Crippen molar-refractivity contribution in [3.63, 3.8) is 0 Å². The molecule has 0 atom stereocenters. The van der Waals surface area contributed by atoms with Crippen LogP contribution in [0.5, 0.6) is 0 Å². The Labute approximate surface area is 105 Å². The van der Waals surface area contributed by atoms with E-state index in [0.29, 0.717) is 16.1 Å². The first-order valence-electron chi connectivity index (χ1n) is 5.30. The molecule has 2 rings (SSSR count). The number of nitrogens with zero attached hydrogens (tertiary/aromatic N) is 1. The molecule has 2 nitrogen and oxygen atoms in total. The molecule has 0 bridgehead atoms. The molecule has 0 spiro atoms. The van der Waals surface area contributed by atoms with Gasteiger partial charge in [-0.1, -0.05) is 11.6 Å². The number of rotatable bonds is 2. The summed E-state index contributed by atoms with van der Waals surface area (Å²) >= 11 is 5.87. The molecule has 2 aromatic rings. The maximum atomic E-state index is 12.2.